The summed E-state index contributed by atoms with van der Waals surface area (Å²) in [6.45, 7) is 1.88. The lowest BCUT2D eigenvalue weighted by atomic mass is 9.85. The largest absolute Gasteiger partial charge is 0.469 e. The molecule has 3 aromatic rings. The Morgan fingerprint density at radius 3 is 2.16 bits per heavy atom. The second-order valence-electron chi connectivity index (χ2n) is 7.66. The fourth-order valence-corrected chi connectivity index (χ4v) is 4.38. The standard InChI is InChI=1S/C25H27NO5S/c1-18-8-14-22(15-9-18)32(28,29)31-21-12-10-20(11-13-21)23(24(26)17-25(27)30-2)16-19-6-4-3-5-7-19/h3-15,23-24H,16-17,26H2,1-2H3. The minimum Gasteiger partial charge on any atom is -0.469 e. The molecule has 32 heavy (non-hydrogen) atoms. The summed E-state index contributed by atoms with van der Waals surface area (Å²) in [5.41, 5.74) is 9.30. The van der Waals surface area contributed by atoms with Gasteiger partial charge in [-0.15, -0.1) is 0 Å². The first-order valence-electron chi connectivity index (χ1n) is 10.3. The van der Waals surface area contributed by atoms with E-state index in [2.05, 4.69) is 0 Å². The molecule has 0 aromatic heterocycles. The van der Waals surface area contributed by atoms with Crippen molar-refractivity contribution in [3.8, 4) is 5.75 Å². The first kappa shape index (κ1) is 23.5. The van der Waals surface area contributed by atoms with E-state index < -0.39 is 16.2 Å². The average molecular weight is 454 g/mol. The molecule has 0 saturated carbocycles. The monoisotopic (exact) mass is 453 g/mol. The van der Waals surface area contributed by atoms with Gasteiger partial charge in [-0.1, -0.05) is 60.2 Å². The molecule has 0 fully saturated rings. The summed E-state index contributed by atoms with van der Waals surface area (Å²) in [6, 6.07) is 22.6. The van der Waals surface area contributed by atoms with Crippen LogP contribution >= 0.6 is 0 Å². The Bertz CT molecular complexity index is 1130. The van der Waals surface area contributed by atoms with E-state index in [1.54, 1.807) is 36.4 Å². The maximum Gasteiger partial charge on any atom is 0.339 e. The lowest BCUT2D eigenvalue weighted by Gasteiger charge is -2.24. The summed E-state index contributed by atoms with van der Waals surface area (Å²) >= 11 is 0. The lowest BCUT2D eigenvalue weighted by Crippen LogP contribution is -2.32. The van der Waals surface area contributed by atoms with Crippen LogP contribution in [0.5, 0.6) is 5.75 Å². The van der Waals surface area contributed by atoms with Crippen molar-refractivity contribution in [1.82, 2.24) is 0 Å². The Morgan fingerprint density at radius 2 is 1.56 bits per heavy atom. The Balaban J connectivity index is 1.81. The van der Waals surface area contributed by atoms with Crippen molar-refractivity contribution in [2.75, 3.05) is 7.11 Å². The van der Waals surface area contributed by atoms with Crippen LogP contribution in [-0.2, 0) is 26.1 Å². The Labute approximate surface area is 189 Å². The van der Waals surface area contributed by atoms with Crippen molar-refractivity contribution in [2.45, 2.75) is 36.6 Å². The second kappa shape index (κ2) is 10.4. The van der Waals surface area contributed by atoms with Crippen LogP contribution in [0.2, 0.25) is 0 Å². The van der Waals surface area contributed by atoms with Gasteiger partial charge >= 0.3 is 16.1 Å². The summed E-state index contributed by atoms with van der Waals surface area (Å²) in [5, 5.41) is 0. The van der Waals surface area contributed by atoms with Crippen molar-refractivity contribution >= 4 is 16.1 Å². The molecule has 7 heteroatoms. The van der Waals surface area contributed by atoms with Gasteiger partial charge < -0.3 is 14.7 Å². The number of carbonyl (C=O) groups is 1. The van der Waals surface area contributed by atoms with Gasteiger partial charge in [0.15, 0.2) is 0 Å². The van der Waals surface area contributed by atoms with Crippen LogP contribution in [0.3, 0.4) is 0 Å². The highest BCUT2D eigenvalue weighted by Gasteiger charge is 2.24. The molecule has 0 amide bonds. The molecule has 2 unspecified atom stereocenters. The molecule has 0 saturated heterocycles. The average Bonchev–Trinajstić information content (AvgIpc) is 2.78. The fraction of sp³-hybridized carbons (Fsp3) is 0.240. The molecule has 3 rings (SSSR count). The van der Waals surface area contributed by atoms with E-state index in [4.69, 9.17) is 14.7 Å². The number of hydrogen-bond acceptors (Lipinski definition) is 6. The maximum absolute atomic E-state index is 12.5. The van der Waals surface area contributed by atoms with Gasteiger partial charge in [0.05, 0.1) is 13.5 Å². The third kappa shape index (κ3) is 6.18. The minimum atomic E-state index is -3.93. The van der Waals surface area contributed by atoms with Crippen LogP contribution in [0.15, 0.2) is 83.8 Å². The summed E-state index contributed by atoms with van der Waals surface area (Å²) < 4.78 is 35.1. The van der Waals surface area contributed by atoms with Crippen LogP contribution in [0.25, 0.3) is 0 Å². The highest BCUT2D eigenvalue weighted by Crippen LogP contribution is 2.28. The first-order chi connectivity index (χ1) is 15.3. The molecule has 0 aliphatic carbocycles. The number of carbonyl (C=O) groups excluding carboxylic acids is 1. The quantitative estimate of drug-likeness (QED) is 0.389. The number of aryl methyl sites for hydroxylation is 1. The third-order valence-corrected chi connectivity index (χ3v) is 6.53. The summed E-state index contributed by atoms with van der Waals surface area (Å²) in [6.07, 6.45) is 0.703. The number of methoxy groups -OCH3 is 1. The Kier molecular flexibility index (Phi) is 7.66. The van der Waals surface area contributed by atoms with Crippen molar-refractivity contribution < 1.29 is 22.1 Å². The molecular weight excluding hydrogens is 426 g/mol. The number of hydrogen-bond donors (Lipinski definition) is 1. The maximum atomic E-state index is 12.5. The molecule has 0 aliphatic rings. The number of ether oxygens (including phenoxy) is 1. The molecule has 2 atom stereocenters. The number of nitrogens with two attached hydrogens (primary N) is 1. The van der Waals surface area contributed by atoms with E-state index in [0.717, 1.165) is 16.7 Å². The fourth-order valence-electron chi connectivity index (χ4n) is 3.45. The third-order valence-electron chi connectivity index (χ3n) is 5.27. The molecule has 0 spiro atoms. The molecule has 2 N–H and O–H groups in total. The molecule has 0 bridgehead atoms. The van der Waals surface area contributed by atoms with Gasteiger partial charge in [-0.25, -0.2) is 0 Å². The lowest BCUT2D eigenvalue weighted by molar-refractivity contribution is -0.141. The topological polar surface area (TPSA) is 95.7 Å². The van der Waals surface area contributed by atoms with Gasteiger partial charge in [-0.2, -0.15) is 8.42 Å². The van der Waals surface area contributed by atoms with E-state index in [1.807, 2.05) is 37.3 Å². The molecule has 0 radical (unpaired) electrons. The van der Waals surface area contributed by atoms with E-state index in [9.17, 15) is 13.2 Å². The van der Waals surface area contributed by atoms with Crippen molar-refractivity contribution in [2.24, 2.45) is 5.73 Å². The zero-order valence-electron chi connectivity index (χ0n) is 18.1. The normalized spacial score (nSPS) is 13.2. The van der Waals surface area contributed by atoms with Gasteiger partial charge in [0.2, 0.25) is 0 Å². The Hall–Kier alpha value is -3.16. The van der Waals surface area contributed by atoms with E-state index in [1.165, 1.54) is 19.2 Å². The van der Waals surface area contributed by atoms with Gasteiger partial charge in [0.25, 0.3) is 0 Å². The second-order valence-corrected chi connectivity index (χ2v) is 9.21. The van der Waals surface area contributed by atoms with Crippen molar-refractivity contribution in [1.29, 1.82) is 0 Å². The van der Waals surface area contributed by atoms with E-state index >= 15 is 0 Å². The van der Waals surface area contributed by atoms with E-state index in [0.29, 0.717) is 6.42 Å². The van der Waals surface area contributed by atoms with Crippen LogP contribution in [0, 0.1) is 6.92 Å². The molecular formula is C25H27NO5S. The van der Waals surface area contributed by atoms with Crippen LogP contribution in [0.1, 0.15) is 29.0 Å². The van der Waals surface area contributed by atoms with E-state index in [-0.39, 0.29) is 29.0 Å². The van der Waals surface area contributed by atoms with Gasteiger partial charge in [-0.05, 0) is 48.7 Å². The summed E-state index contributed by atoms with van der Waals surface area (Å²) in [7, 11) is -2.60. The van der Waals surface area contributed by atoms with Crippen molar-refractivity contribution in [3.05, 3.63) is 95.6 Å². The van der Waals surface area contributed by atoms with Crippen LogP contribution < -0.4 is 9.92 Å². The van der Waals surface area contributed by atoms with Gasteiger partial charge in [0.1, 0.15) is 10.6 Å². The predicted octanol–water partition coefficient (Wildman–Crippen LogP) is 3.98. The van der Waals surface area contributed by atoms with Gasteiger partial charge in [-0.3, -0.25) is 4.79 Å². The van der Waals surface area contributed by atoms with Crippen LogP contribution in [-0.4, -0.2) is 27.5 Å². The summed E-state index contributed by atoms with van der Waals surface area (Å²) in [4.78, 5) is 11.9. The summed E-state index contributed by atoms with van der Waals surface area (Å²) in [5.74, 6) is -0.340. The van der Waals surface area contributed by atoms with Gasteiger partial charge in [0, 0.05) is 12.0 Å². The highest BCUT2D eigenvalue weighted by atomic mass is 32.2. The minimum absolute atomic E-state index is 0.0774. The molecule has 168 valence electrons. The molecule has 3 aromatic carbocycles. The number of esters is 1. The smallest absolute Gasteiger partial charge is 0.339 e. The number of benzene rings is 3. The predicted molar refractivity (Wildman–Crippen MR) is 123 cm³/mol. The van der Waals surface area contributed by atoms with Crippen molar-refractivity contribution in [3.63, 3.8) is 0 Å². The molecule has 0 heterocycles. The molecule has 0 aliphatic heterocycles. The first-order valence-corrected chi connectivity index (χ1v) is 11.7. The SMILES string of the molecule is COC(=O)CC(N)C(Cc1ccccc1)c1ccc(OS(=O)(=O)c2ccc(C)cc2)cc1. The zero-order chi connectivity index (χ0) is 23.1. The van der Waals surface area contributed by atoms with Crippen LogP contribution in [0.4, 0.5) is 0 Å². The number of rotatable bonds is 9. The highest BCUT2D eigenvalue weighted by molar-refractivity contribution is 7.87. The molecule has 6 nitrogen and oxygen atoms in total. The Morgan fingerprint density at radius 1 is 0.938 bits per heavy atom. The zero-order valence-corrected chi connectivity index (χ0v) is 18.9.